The second kappa shape index (κ2) is 7.60. The number of carboxylic acid groups (broad SMARTS) is 1. The minimum atomic E-state index is -0.897. The topological polar surface area (TPSA) is 63.2 Å². The van der Waals surface area contributed by atoms with Gasteiger partial charge in [0.2, 0.25) is 0 Å². The number of hydrogen-bond acceptors (Lipinski definition) is 3. The number of hydrogen-bond donors (Lipinski definition) is 0. The molecule has 0 heterocycles. The molecule has 0 unspecified atom stereocenters. The molecule has 0 radical (unpaired) electrons. The molecule has 0 aromatic rings. The van der Waals surface area contributed by atoms with Crippen LogP contribution in [0.15, 0.2) is 12.2 Å². The zero-order chi connectivity index (χ0) is 16.7. The Labute approximate surface area is 237 Å². The van der Waals surface area contributed by atoms with Crippen LogP contribution in [0.2, 0.25) is 0 Å². The maximum atomic E-state index is 13.0. The molecule has 0 saturated heterocycles. The van der Waals surface area contributed by atoms with Crippen LogP contribution in [-0.2, 0) is 4.79 Å². The number of aliphatic carboxylic acids is 1. The molecule has 4 rings (SSSR count). The van der Waals surface area contributed by atoms with Crippen LogP contribution in [0.4, 0.5) is 0 Å². The minimum absolute atomic E-state index is 0. The van der Waals surface area contributed by atoms with Crippen LogP contribution in [0.25, 0.3) is 0 Å². The van der Waals surface area contributed by atoms with Crippen molar-refractivity contribution in [2.24, 2.45) is 28.1 Å². The summed E-state index contributed by atoms with van der Waals surface area (Å²) in [5.41, 5.74) is -0.535. The van der Waals surface area contributed by atoms with Crippen LogP contribution in [0.1, 0.15) is 71.6 Å². The number of fused-ring (bicyclic) bond motifs is 3. The first kappa shape index (κ1) is 23.7. The fourth-order valence-corrected chi connectivity index (χ4v) is 7.57. The summed E-state index contributed by atoms with van der Waals surface area (Å²) in [6, 6.07) is 0. The molecule has 3 nitrogen and oxygen atoms in total. The fraction of sp³-hybridized carbons (Fsp3) is 0.850. The van der Waals surface area contributed by atoms with Crippen molar-refractivity contribution in [3.05, 3.63) is 12.2 Å². The molecule has 4 fully saturated rings. The smallest absolute Gasteiger partial charge is 0.846 e. The van der Waals surface area contributed by atoms with Crippen molar-refractivity contribution in [1.82, 2.24) is 0 Å². The Morgan fingerprint density at radius 3 is 2.36 bits per heavy atom. The summed E-state index contributed by atoms with van der Waals surface area (Å²) in [6.45, 7) is 8.36. The van der Waals surface area contributed by atoms with E-state index in [1.165, 1.54) is 0 Å². The third-order valence-electron chi connectivity index (χ3n) is 8.59. The van der Waals surface area contributed by atoms with Gasteiger partial charge in [-0.2, -0.15) is 0 Å². The van der Waals surface area contributed by atoms with Gasteiger partial charge in [-0.05, 0) is 61.2 Å². The standard InChI is InChI=1S/C20H29O3.2K/c1-13-11-19-9-5-14-17(2,7-4-8-18(14,3)16(21)22)15(19)6-10-20(13,23)12-19;;/h14-15H,1,4-12H2,2-3H3,(H,21,22);;/q-1;2*+1/p-1/t14-,15-,17+,18+,19+,20-;;/m0../s1. The molecule has 1 spiro atoms. The van der Waals surface area contributed by atoms with Crippen LogP contribution in [0.5, 0.6) is 0 Å². The van der Waals surface area contributed by atoms with Crippen molar-refractivity contribution < 1.29 is 118 Å². The molecule has 128 valence electrons. The van der Waals surface area contributed by atoms with Gasteiger partial charge < -0.3 is 15.0 Å². The minimum Gasteiger partial charge on any atom is -0.846 e. The molecule has 4 saturated carbocycles. The quantitative estimate of drug-likeness (QED) is 0.338. The second-order valence-corrected chi connectivity index (χ2v) is 9.56. The number of rotatable bonds is 1. The molecule has 6 atom stereocenters. The zero-order valence-electron chi connectivity index (χ0n) is 16.5. The third kappa shape index (κ3) is 3.28. The van der Waals surface area contributed by atoms with Gasteiger partial charge in [-0.3, -0.25) is 0 Å². The SMILES string of the molecule is C=C1C[C@@]23CC[C@H]4[C@@](C)(CCC[C@@]4(C)C(=O)[O-])[C@@H]2CC[C@]1([O-])C3.[K+].[K+]. The molecule has 0 aliphatic heterocycles. The molecular formula is C20H28K2O3. The Hall–Kier alpha value is 2.44. The van der Waals surface area contributed by atoms with Crippen molar-refractivity contribution in [2.45, 2.75) is 77.2 Å². The summed E-state index contributed by atoms with van der Waals surface area (Å²) in [5, 5.41) is 24.9. The van der Waals surface area contributed by atoms with E-state index in [4.69, 9.17) is 0 Å². The van der Waals surface area contributed by atoms with Crippen LogP contribution < -0.4 is 113 Å². The van der Waals surface area contributed by atoms with Crippen molar-refractivity contribution in [3.63, 3.8) is 0 Å². The van der Waals surface area contributed by atoms with E-state index in [1.54, 1.807) is 0 Å². The molecule has 0 N–H and O–H groups in total. The molecule has 0 aromatic heterocycles. The van der Waals surface area contributed by atoms with Gasteiger partial charge in [-0.1, -0.05) is 44.3 Å². The summed E-state index contributed by atoms with van der Waals surface area (Å²) in [4.78, 5) is 11.9. The molecule has 4 aliphatic rings. The third-order valence-corrected chi connectivity index (χ3v) is 8.59. The van der Waals surface area contributed by atoms with E-state index in [9.17, 15) is 15.0 Å². The molecule has 5 heteroatoms. The summed E-state index contributed by atoms with van der Waals surface area (Å²) >= 11 is 0. The first-order chi connectivity index (χ1) is 10.7. The van der Waals surface area contributed by atoms with E-state index in [1.807, 2.05) is 6.92 Å². The first-order valence-electron chi connectivity index (χ1n) is 9.27. The number of carbonyl (C=O) groups is 1. The molecule has 25 heavy (non-hydrogen) atoms. The zero-order valence-corrected chi connectivity index (χ0v) is 22.7. The van der Waals surface area contributed by atoms with E-state index in [0.717, 1.165) is 56.9 Å². The van der Waals surface area contributed by atoms with Crippen LogP contribution >= 0.6 is 0 Å². The van der Waals surface area contributed by atoms with Gasteiger partial charge in [0, 0.05) is 11.4 Å². The Balaban J connectivity index is 0.00000113. The average molecular weight is 395 g/mol. The van der Waals surface area contributed by atoms with E-state index in [0.29, 0.717) is 12.3 Å². The van der Waals surface area contributed by atoms with Gasteiger partial charge in [0.05, 0.1) is 0 Å². The van der Waals surface area contributed by atoms with E-state index in [2.05, 4.69) is 13.5 Å². The maximum absolute atomic E-state index is 13.0. The fourth-order valence-electron chi connectivity index (χ4n) is 7.57. The summed E-state index contributed by atoms with van der Waals surface area (Å²) < 4.78 is 0. The molecule has 0 aromatic carbocycles. The normalized spacial score (nSPS) is 50.8. The molecule has 2 bridgehead atoms. The van der Waals surface area contributed by atoms with E-state index < -0.39 is 17.0 Å². The van der Waals surface area contributed by atoms with Crippen molar-refractivity contribution in [3.8, 4) is 0 Å². The van der Waals surface area contributed by atoms with Crippen LogP contribution in [0.3, 0.4) is 0 Å². The average Bonchev–Trinajstić information content (AvgIpc) is 2.63. The Bertz CT molecular complexity index is 593. The van der Waals surface area contributed by atoms with Gasteiger partial charge in [0.15, 0.2) is 0 Å². The molecule has 4 aliphatic carbocycles. The predicted molar refractivity (Wildman–Crippen MR) is 84.1 cm³/mol. The maximum Gasteiger partial charge on any atom is 1.00 e. The van der Waals surface area contributed by atoms with Crippen molar-refractivity contribution >= 4 is 5.97 Å². The predicted octanol–water partition coefficient (Wildman–Crippen LogP) is -3.80. The second-order valence-electron chi connectivity index (χ2n) is 9.56. The van der Waals surface area contributed by atoms with Crippen LogP contribution in [-0.4, -0.2) is 11.6 Å². The summed E-state index contributed by atoms with van der Waals surface area (Å²) in [5.74, 6) is -0.194. The Morgan fingerprint density at radius 1 is 1.08 bits per heavy atom. The Morgan fingerprint density at radius 2 is 1.72 bits per heavy atom. The van der Waals surface area contributed by atoms with E-state index in [-0.39, 0.29) is 120 Å². The number of carboxylic acids is 1. The van der Waals surface area contributed by atoms with Gasteiger partial charge in [-0.15, -0.1) is 6.58 Å². The van der Waals surface area contributed by atoms with Crippen molar-refractivity contribution in [1.29, 1.82) is 0 Å². The van der Waals surface area contributed by atoms with Gasteiger partial charge in [0.25, 0.3) is 0 Å². The largest absolute Gasteiger partial charge is 1.00 e. The van der Waals surface area contributed by atoms with E-state index >= 15 is 0 Å². The summed E-state index contributed by atoms with van der Waals surface area (Å²) in [6.07, 6.45) is 8.03. The van der Waals surface area contributed by atoms with Gasteiger partial charge >= 0.3 is 103 Å². The van der Waals surface area contributed by atoms with Gasteiger partial charge in [0.1, 0.15) is 0 Å². The van der Waals surface area contributed by atoms with Gasteiger partial charge in [-0.25, -0.2) is 0 Å². The summed E-state index contributed by atoms with van der Waals surface area (Å²) in [7, 11) is 0. The van der Waals surface area contributed by atoms with Crippen molar-refractivity contribution in [2.75, 3.05) is 0 Å². The monoisotopic (exact) mass is 394 g/mol. The van der Waals surface area contributed by atoms with Crippen LogP contribution in [0, 0.1) is 28.1 Å². The molecule has 0 amide bonds. The molecular weight excluding hydrogens is 366 g/mol. The first-order valence-corrected chi connectivity index (χ1v) is 9.27. The number of carbonyl (C=O) groups excluding carboxylic acids is 1. The Kier molecular flexibility index (Phi) is 7.22.